The second-order valence-electron chi connectivity index (χ2n) is 8.01. The van der Waals surface area contributed by atoms with E-state index in [2.05, 4.69) is 0 Å². The lowest BCUT2D eigenvalue weighted by molar-refractivity contribution is -0.0328. The zero-order valence-electron chi connectivity index (χ0n) is 16.5. The summed E-state index contributed by atoms with van der Waals surface area (Å²) < 4.78 is 43.6. The van der Waals surface area contributed by atoms with Gasteiger partial charge in [-0.05, 0) is 61.1 Å². The van der Waals surface area contributed by atoms with E-state index in [9.17, 15) is 17.9 Å². The van der Waals surface area contributed by atoms with Crippen molar-refractivity contribution in [3.05, 3.63) is 65.0 Å². The molecule has 2 aromatic carbocycles. The van der Waals surface area contributed by atoms with Crippen LogP contribution in [0.25, 0.3) is 0 Å². The van der Waals surface area contributed by atoms with Crippen LogP contribution in [0.15, 0.2) is 47.4 Å². The number of aliphatic hydroxyl groups is 1. The maximum atomic E-state index is 13.6. The number of halogens is 1. The van der Waals surface area contributed by atoms with E-state index < -0.39 is 15.7 Å². The Bertz CT molecular complexity index is 938. The molecule has 6 heteroatoms. The summed E-state index contributed by atoms with van der Waals surface area (Å²) in [5.41, 5.74) is 1.72. The Morgan fingerprint density at radius 3 is 2.54 bits per heavy atom. The van der Waals surface area contributed by atoms with Gasteiger partial charge in [0.25, 0.3) is 10.1 Å². The van der Waals surface area contributed by atoms with Crippen LogP contribution >= 0.6 is 0 Å². The van der Waals surface area contributed by atoms with Crippen molar-refractivity contribution in [1.29, 1.82) is 0 Å². The first-order valence-electron chi connectivity index (χ1n) is 9.59. The van der Waals surface area contributed by atoms with Gasteiger partial charge in [0.1, 0.15) is 5.82 Å². The molecule has 0 amide bonds. The lowest BCUT2D eigenvalue weighted by Gasteiger charge is -2.43. The first kappa shape index (κ1) is 21.0. The molecule has 4 nitrogen and oxygen atoms in total. The van der Waals surface area contributed by atoms with Gasteiger partial charge in [-0.1, -0.05) is 37.6 Å². The van der Waals surface area contributed by atoms with E-state index in [0.717, 1.165) is 16.7 Å². The maximum Gasteiger partial charge on any atom is 0.296 e. The Hall–Kier alpha value is -1.76. The Morgan fingerprint density at radius 1 is 1.21 bits per heavy atom. The highest BCUT2D eigenvalue weighted by Crippen LogP contribution is 2.45. The maximum absolute atomic E-state index is 13.6. The summed E-state index contributed by atoms with van der Waals surface area (Å²) in [7, 11) is -3.87. The van der Waals surface area contributed by atoms with Crippen LogP contribution in [0, 0.1) is 18.7 Å². The van der Waals surface area contributed by atoms with Crippen LogP contribution in [-0.2, 0) is 20.7 Å². The van der Waals surface area contributed by atoms with Gasteiger partial charge >= 0.3 is 0 Å². The number of hydrogen-bond acceptors (Lipinski definition) is 4. The van der Waals surface area contributed by atoms with E-state index >= 15 is 0 Å². The number of benzene rings is 2. The Morgan fingerprint density at radius 2 is 1.89 bits per heavy atom. The molecule has 2 atom stereocenters. The highest BCUT2D eigenvalue weighted by molar-refractivity contribution is 7.86. The summed E-state index contributed by atoms with van der Waals surface area (Å²) in [6.07, 6.45) is 1.19. The molecule has 1 aliphatic rings. The Labute approximate surface area is 166 Å². The Kier molecular flexibility index (Phi) is 5.94. The normalized spacial score (nSPS) is 22.3. The second kappa shape index (κ2) is 7.93. The van der Waals surface area contributed by atoms with Crippen LogP contribution in [0.3, 0.4) is 0 Å². The molecule has 1 N–H and O–H groups in total. The van der Waals surface area contributed by atoms with Crippen molar-refractivity contribution in [3.8, 4) is 0 Å². The number of rotatable bonds is 6. The summed E-state index contributed by atoms with van der Waals surface area (Å²) >= 11 is 0. The van der Waals surface area contributed by atoms with Crippen molar-refractivity contribution in [2.45, 2.75) is 56.4 Å². The predicted octanol–water partition coefficient (Wildman–Crippen LogP) is 4.35. The van der Waals surface area contributed by atoms with Gasteiger partial charge in [-0.2, -0.15) is 8.42 Å². The molecule has 1 aliphatic carbocycles. The monoisotopic (exact) mass is 406 g/mol. The van der Waals surface area contributed by atoms with Crippen LogP contribution in [-0.4, -0.2) is 25.7 Å². The summed E-state index contributed by atoms with van der Waals surface area (Å²) in [5, 5.41) is 11.4. The standard InChI is InChI=1S/C22H27FO4S/c1-15(2)21-20-9-6-18(23)14-17(20)10-11-22(21,24)12-13-27-28(25,26)19-7-4-16(3)5-8-19/h4-9,14-15,21,24H,10-13H2,1-3H3/t21-,22-/m1/s1. The number of hydrogen-bond donors (Lipinski definition) is 1. The summed E-state index contributed by atoms with van der Waals surface area (Å²) in [6, 6.07) is 11.2. The van der Waals surface area contributed by atoms with Gasteiger partial charge in [0.05, 0.1) is 17.1 Å². The van der Waals surface area contributed by atoms with E-state index in [1.54, 1.807) is 18.2 Å². The van der Waals surface area contributed by atoms with Crippen molar-refractivity contribution < 1.29 is 22.1 Å². The van der Waals surface area contributed by atoms with E-state index in [1.807, 2.05) is 20.8 Å². The van der Waals surface area contributed by atoms with Gasteiger partial charge in [0, 0.05) is 12.3 Å². The molecule has 0 unspecified atom stereocenters. The molecular formula is C22H27FO4S. The first-order valence-corrected chi connectivity index (χ1v) is 11.0. The Balaban J connectivity index is 1.75. The fraction of sp³-hybridized carbons (Fsp3) is 0.455. The van der Waals surface area contributed by atoms with Crippen molar-refractivity contribution in [2.24, 2.45) is 5.92 Å². The van der Waals surface area contributed by atoms with Gasteiger partial charge in [0.15, 0.2) is 0 Å². The average Bonchev–Trinajstić information content (AvgIpc) is 2.61. The number of fused-ring (bicyclic) bond motifs is 1. The van der Waals surface area contributed by atoms with Gasteiger partial charge in [-0.25, -0.2) is 4.39 Å². The van der Waals surface area contributed by atoms with Crippen molar-refractivity contribution >= 4 is 10.1 Å². The molecule has 152 valence electrons. The van der Waals surface area contributed by atoms with E-state index in [0.29, 0.717) is 12.8 Å². The molecule has 0 saturated carbocycles. The van der Waals surface area contributed by atoms with Gasteiger partial charge in [-0.15, -0.1) is 0 Å². The minimum Gasteiger partial charge on any atom is -0.389 e. The smallest absolute Gasteiger partial charge is 0.296 e. The quantitative estimate of drug-likeness (QED) is 0.725. The zero-order chi connectivity index (χ0) is 20.5. The third kappa shape index (κ3) is 4.29. The lowest BCUT2D eigenvalue weighted by Crippen LogP contribution is -2.44. The minimum atomic E-state index is -3.87. The molecule has 0 spiro atoms. The van der Waals surface area contributed by atoms with E-state index in [-0.39, 0.29) is 35.6 Å². The predicted molar refractivity (Wildman–Crippen MR) is 106 cm³/mol. The molecule has 2 aromatic rings. The lowest BCUT2D eigenvalue weighted by atomic mass is 9.66. The van der Waals surface area contributed by atoms with Crippen LogP contribution in [0.1, 0.15) is 49.3 Å². The van der Waals surface area contributed by atoms with Gasteiger partial charge in [0.2, 0.25) is 0 Å². The minimum absolute atomic E-state index is 0.105. The fourth-order valence-corrected chi connectivity index (χ4v) is 5.16. The first-order chi connectivity index (χ1) is 13.1. The highest BCUT2D eigenvalue weighted by Gasteiger charge is 2.43. The molecule has 0 saturated heterocycles. The topological polar surface area (TPSA) is 63.6 Å². The van der Waals surface area contributed by atoms with Crippen LogP contribution in [0.5, 0.6) is 0 Å². The molecular weight excluding hydrogens is 379 g/mol. The largest absolute Gasteiger partial charge is 0.389 e. The van der Waals surface area contributed by atoms with Gasteiger partial charge in [-0.3, -0.25) is 4.18 Å². The highest BCUT2D eigenvalue weighted by atomic mass is 32.2. The second-order valence-corrected chi connectivity index (χ2v) is 9.62. The van der Waals surface area contributed by atoms with Gasteiger partial charge < -0.3 is 5.11 Å². The van der Waals surface area contributed by atoms with E-state index in [1.165, 1.54) is 24.3 Å². The molecule has 3 rings (SSSR count). The van der Waals surface area contributed by atoms with Crippen LogP contribution in [0.4, 0.5) is 4.39 Å². The molecule has 0 bridgehead atoms. The number of aryl methyl sites for hydroxylation is 2. The molecule has 0 fully saturated rings. The summed E-state index contributed by atoms with van der Waals surface area (Å²) in [5.74, 6) is -0.370. The summed E-state index contributed by atoms with van der Waals surface area (Å²) in [4.78, 5) is 0.106. The average molecular weight is 407 g/mol. The van der Waals surface area contributed by atoms with Crippen molar-refractivity contribution in [1.82, 2.24) is 0 Å². The molecule has 0 aromatic heterocycles. The third-order valence-electron chi connectivity index (χ3n) is 5.60. The van der Waals surface area contributed by atoms with Crippen LogP contribution < -0.4 is 0 Å². The molecule has 0 radical (unpaired) electrons. The third-order valence-corrected chi connectivity index (χ3v) is 6.92. The fourth-order valence-electron chi connectivity index (χ4n) is 4.25. The molecule has 0 heterocycles. The van der Waals surface area contributed by atoms with E-state index in [4.69, 9.17) is 4.18 Å². The molecule has 28 heavy (non-hydrogen) atoms. The van der Waals surface area contributed by atoms with Crippen molar-refractivity contribution in [2.75, 3.05) is 6.61 Å². The summed E-state index contributed by atoms with van der Waals surface area (Å²) in [6.45, 7) is 5.80. The zero-order valence-corrected chi connectivity index (χ0v) is 17.3. The van der Waals surface area contributed by atoms with Crippen molar-refractivity contribution in [3.63, 3.8) is 0 Å². The van der Waals surface area contributed by atoms with Crippen LogP contribution in [0.2, 0.25) is 0 Å². The molecule has 0 aliphatic heterocycles. The SMILES string of the molecule is Cc1ccc(S(=O)(=O)OCC[C@]2(O)CCc3cc(F)ccc3[C@H]2C(C)C)cc1.